The first-order chi connectivity index (χ1) is 11.2. The largest absolute Gasteiger partial charge is 0.396 e. The molecule has 2 N–H and O–H groups in total. The highest BCUT2D eigenvalue weighted by Crippen LogP contribution is 2.33. The van der Waals surface area contributed by atoms with Crippen LogP contribution in [0.15, 0.2) is 17.3 Å². The van der Waals surface area contributed by atoms with E-state index in [-0.39, 0.29) is 18.6 Å². The molecule has 1 amide bonds. The molecule has 23 heavy (non-hydrogen) atoms. The number of amides is 1. The number of hydrogen-bond acceptors (Lipinski definition) is 4. The fraction of sp³-hybridized carbons (Fsp3) is 0.588. The summed E-state index contributed by atoms with van der Waals surface area (Å²) in [6.07, 6.45) is 8.01. The number of hydrogen-bond donors (Lipinski definition) is 2. The SMILES string of the molecule is O=C(NC1CCC(CO)CC1)c1cnc2c(c1)BC(C1CC1)=N2. The van der Waals surface area contributed by atoms with E-state index in [1.54, 1.807) is 6.20 Å². The molecular formula is C17H22BN3O2. The zero-order valence-corrected chi connectivity index (χ0v) is 13.3. The Kier molecular flexibility index (Phi) is 3.93. The lowest BCUT2D eigenvalue weighted by Crippen LogP contribution is -2.38. The van der Waals surface area contributed by atoms with Crippen LogP contribution in [-0.2, 0) is 0 Å². The quantitative estimate of drug-likeness (QED) is 0.811. The molecule has 0 unspecified atom stereocenters. The van der Waals surface area contributed by atoms with Crippen molar-refractivity contribution >= 4 is 30.1 Å². The molecule has 2 heterocycles. The van der Waals surface area contributed by atoms with E-state index in [2.05, 4.69) is 15.3 Å². The number of aliphatic imine (C=N–C) groups is 1. The highest BCUT2D eigenvalue weighted by molar-refractivity contribution is 6.88. The molecule has 3 aliphatic rings. The summed E-state index contributed by atoms with van der Waals surface area (Å²) in [7, 11) is 0.857. The van der Waals surface area contributed by atoms with Gasteiger partial charge in [0.2, 0.25) is 7.28 Å². The van der Waals surface area contributed by atoms with E-state index in [9.17, 15) is 9.90 Å². The van der Waals surface area contributed by atoms with Crippen molar-refractivity contribution in [3.05, 3.63) is 17.8 Å². The van der Waals surface area contributed by atoms with E-state index >= 15 is 0 Å². The minimum Gasteiger partial charge on any atom is -0.396 e. The fourth-order valence-electron chi connectivity index (χ4n) is 3.64. The van der Waals surface area contributed by atoms with Crippen LogP contribution >= 0.6 is 0 Å². The Morgan fingerprint density at radius 1 is 1.26 bits per heavy atom. The number of aliphatic hydroxyl groups is 1. The van der Waals surface area contributed by atoms with E-state index < -0.39 is 0 Å². The van der Waals surface area contributed by atoms with Crippen molar-refractivity contribution in [2.45, 2.75) is 44.6 Å². The van der Waals surface area contributed by atoms with Gasteiger partial charge in [-0.25, -0.2) is 9.98 Å². The molecule has 2 aliphatic carbocycles. The smallest absolute Gasteiger partial charge is 0.253 e. The second-order valence-corrected chi connectivity index (χ2v) is 7.13. The van der Waals surface area contributed by atoms with Crippen molar-refractivity contribution < 1.29 is 9.90 Å². The molecule has 0 aromatic carbocycles. The summed E-state index contributed by atoms with van der Waals surface area (Å²) in [6, 6.07) is 2.17. The van der Waals surface area contributed by atoms with Gasteiger partial charge in [0.1, 0.15) is 5.82 Å². The molecule has 0 bridgehead atoms. The topological polar surface area (TPSA) is 74.6 Å². The lowest BCUT2D eigenvalue weighted by molar-refractivity contribution is 0.0913. The minimum absolute atomic E-state index is 0.0346. The van der Waals surface area contributed by atoms with E-state index in [0.717, 1.165) is 44.2 Å². The highest BCUT2D eigenvalue weighted by Gasteiger charge is 2.32. The number of nitrogens with zero attached hydrogens (tertiary/aromatic N) is 2. The standard InChI is InChI=1S/C17H22BN3O2/c22-9-10-1-5-13(6-2-10)20-17(23)12-7-14-16(19-8-12)21-15(18-14)11-3-4-11/h7-8,10-11,13,18,22H,1-6,9H2,(H,20,23). The third kappa shape index (κ3) is 3.18. The molecule has 0 radical (unpaired) electrons. The lowest BCUT2D eigenvalue weighted by Gasteiger charge is -2.27. The van der Waals surface area contributed by atoms with Crippen LogP contribution in [0.4, 0.5) is 5.82 Å². The van der Waals surface area contributed by atoms with Crippen molar-refractivity contribution in [2.24, 2.45) is 16.8 Å². The maximum Gasteiger partial charge on any atom is 0.253 e. The zero-order valence-electron chi connectivity index (χ0n) is 13.3. The number of rotatable bonds is 4. The van der Waals surface area contributed by atoms with Gasteiger partial charge < -0.3 is 10.4 Å². The second-order valence-electron chi connectivity index (χ2n) is 7.13. The third-order valence-electron chi connectivity index (χ3n) is 5.31. The number of carbonyl (C=O) groups excluding carboxylic acids is 1. The van der Waals surface area contributed by atoms with Crippen LogP contribution in [0, 0.1) is 11.8 Å². The van der Waals surface area contributed by atoms with Gasteiger partial charge in [0.25, 0.3) is 5.91 Å². The van der Waals surface area contributed by atoms with E-state index in [1.807, 2.05) is 6.07 Å². The van der Waals surface area contributed by atoms with Crippen LogP contribution in [0.3, 0.4) is 0 Å². The highest BCUT2D eigenvalue weighted by atomic mass is 16.3. The fourth-order valence-corrected chi connectivity index (χ4v) is 3.64. The van der Waals surface area contributed by atoms with Crippen LogP contribution in [-0.4, -0.2) is 41.5 Å². The summed E-state index contributed by atoms with van der Waals surface area (Å²) >= 11 is 0. The number of nitrogens with one attached hydrogen (secondary N) is 1. The average molecular weight is 311 g/mol. The minimum atomic E-state index is -0.0346. The van der Waals surface area contributed by atoms with Crippen molar-refractivity contribution in [1.82, 2.24) is 10.3 Å². The average Bonchev–Trinajstić information content (AvgIpc) is 3.34. The molecule has 6 heteroatoms. The Morgan fingerprint density at radius 3 is 2.74 bits per heavy atom. The van der Waals surface area contributed by atoms with E-state index in [4.69, 9.17) is 0 Å². The van der Waals surface area contributed by atoms with Crippen molar-refractivity contribution in [3.8, 4) is 0 Å². The third-order valence-corrected chi connectivity index (χ3v) is 5.31. The van der Waals surface area contributed by atoms with Crippen LogP contribution in [0.25, 0.3) is 0 Å². The van der Waals surface area contributed by atoms with Gasteiger partial charge in [-0.3, -0.25) is 4.79 Å². The predicted molar refractivity (Wildman–Crippen MR) is 91.1 cm³/mol. The first-order valence-corrected chi connectivity index (χ1v) is 8.71. The van der Waals surface area contributed by atoms with Gasteiger partial charge in [0.05, 0.1) is 5.56 Å². The maximum atomic E-state index is 12.5. The van der Waals surface area contributed by atoms with Gasteiger partial charge in [-0.1, -0.05) is 0 Å². The molecule has 1 aromatic heterocycles. The summed E-state index contributed by atoms with van der Waals surface area (Å²) in [4.78, 5) is 21.4. The van der Waals surface area contributed by atoms with Gasteiger partial charge in [0.15, 0.2) is 0 Å². The van der Waals surface area contributed by atoms with Gasteiger partial charge >= 0.3 is 0 Å². The van der Waals surface area contributed by atoms with Gasteiger partial charge in [-0.2, -0.15) is 0 Å². The molecule has 4 rings (SSSR count). The molecule has 0 saturated heterocycles. The summed E-state index contributed by atoms with van der Waals surface area (Å²) in [5.41, 5.74) is 2.97. The molecule has 0 spiro atoms. The number of pyridine rings is 1. The number of carbonyl (C=O) groups is 1. The number of aromatic nitrogens is 1. The zero-order chi connectivity index (χ0) is 15.8. The van der Waals surface area contributed by atoms with E-state index in [0.29, 0.717) is 17.4 Å². The molecule has 1 aliphatic heterocycles. The lowest BCUT2D eigenvalue weighted by atomic mass is 9.66. The molecule has 2 fully saturated rings. The second kappa shape index (κ2) is 6.08. The van der Waals surface area contributed by atoms with E-state index in [1.165, 1.54) is 18.5 Å². The van der Waals surface area contributed by atoms with Gasteiger partial charge in [-0.15, -0.1) is 0 Å². The monoisotopic (exact) mass is 311 g/mol. The molecule has 5 nitrogen and oxygen atoms in total. The first kappa shape index (κ1) is 14.9. The Morgan fingerprint density at radius 2 is 2.04 bits per heavy atom. The summed E-state index contributed by atoms with van der Waals surface area (Å²) < 4.78 is 0. The Balaban J connectivity index is 1.38. The van der Waals surface area contributed by atoms with Crippen LogP contribution < -0.4 is 10.8 Å². The number of aliphatic hydroxyl groups excluding tert-OH is 1. The summed E-state index contributed by atoms with van der Waals surface area (Å²) in [5.74, 6) is 1.82. The number of fused-ring (bicyclic) bond motifs is 1. The van der Waals surface area contributed by atoms with Crippen LogP contribution in [0.1, 0.15) is 48.9 Å². The first-order valence-electron chi connectivity index (χ1n) is 8.71. The Labute approximate surface area is 136 Å². The summed E-state index contributed by atoms with van der Waals surface area (Å²) in [6.45, 7) is 0.263. The van der Waals surface area contributed by atoms with Gasteiger partial charge in [-0.05, 0) is 67.5 Å². The normalized spacial score (nSPS) is 26.2. The predicted octanol–water partition coefficient (Wildman–Crippen LogP) is 0.878. The molecule has 120 valence electrons. The maximum absolute atomic E-state index is 12.5. The molecule has 1 aromatic rings. The molecular weight excluding hydrogens is 289 g/mol. The Hall–Kier alpha value is -1.69. The molecule has 2 saturated carbocycles. The summed E-state index contributed by atoms with van der Waals surface area (Å²) in [5, 5.41) is 12.3. The van der Waals surface area contributed by atoms with Gasteiger partial charge in [0, 0.05) is 18.8 Å². The van der Waals surface area contributed by atoms with Crippen molar-refractivity contribution in [1.29, 1.82) is 0 Å². The Bertz CT molecular complexity index is 649. The van der Waals surface area contributed by atoms with Crippen molar-refractivity contribution in [2.75, 3.05) is 6.61 Å². The van der Waals surface area contributed by atoms with Crippen molar-refractivity contribution in [3.63, 3.8) is 0 Å². The van der Waals surface area contributed by atoms with Crippen LogP contribution in [0.5, 0.6) is 0 Å². The van der Waals surface area contributed by atoms with Crippen LogP contribution in [0.2, 0.25) is 0 Å². The molecule has 0 atom stereocenters.